The molecule has 0 bridgehead atoms. The lowest BCUT2D eigenvalue weighted by Crippen LogP contribution is -2.49. The highest BCUT2D eigenvalue weighted by Gasteiger charge is 2.26. The van der Waals surface area contributed by atoms with Crippen LogP contribution >= 0.6 is 0 Å². The van der Waals surface area contributed by atoms with Crippen LogP contribution in [-0.4, -0.2) is 41.9 Å². The maximum atomic E-state index is 12.5. The molecule has 0 N–H and O–H groups in total. The van der Waals surface area contributed by atoms with Crippen LogP contribution in [0.3, 0.4) is 0 Å². The molecule has 0 spiro atoms. The van der Waals surface area contributed by atoms with Crippen LogP contribution in [0.15, 0.2) is 48.5 Å². The van der Waals surface area contributed by atoms with Crippen molar-refractivity contribution in [3.63, 3.8) is 0 Å². The Morgan fingerprint density at radius 1 is 1.08 bits per heavy atom. The molecule has 0 atom stereocenters. The van der Waals surface area contributed by atoms with Gasteiger partial charge in [-0.25, -0.2) is 0 Å². The molecule has 1 saturated heterocycles. The molecule has 1 aliphatic heterocycles. The van der Waals surface area contributed by atoms with Crippen molar-refractivity contribution in [1.29, 1.82) is 5.26 Å². The molecule has 0 saturated carbocycles. The monoisotopic (exact) mass is 336 g/mol. The number of hydrogen-bond acceptors (Lipinski definition) is 5. The van der Waals surface area contributed by atoms with Crippen LogP contribution in [0.4, 0.5) is 11.4 Å². The molecular weight excluding hydrogens is 320 g/mol. The number of piperazine rings is 1. The first-order valence-corrected chi connectivity index (χ1v) is 7.88. The SMILES string of the molecule is N#Cc1ccc([N+](=O)[O-])c(N2CCN(C(=O)c3ccccc3)CC2)c1. The third-order valence-corrected chi connectivity index (χ3v) is 4.23. The van der Waals surface area contributed by atoms with Crippen molar-refractivity contribution in [3.8, 4) is 6.07 Å². The molecule has 0 aromatic heterocycles. The van der Waals surface area contributed by atoms with Gasteiger partial charge in [-0.2, -0.15) is 5.26 Å². The topological polar surface area (TPSA) is 90.5 Å². The summed E-state index contributed by atoms with van der Waals surface area (Å²) in [6, 6.07) is 15.4. The Balaban J connectivity index is 1.76. The van der Waals surface area contributed by atoms with Crippen LogP contribution in [0.1, 0.15) is 15.9 Å². The van der Waals surface area contributed by atoms with Gasteiger partial charge in [-0.3, -0.25) is 14.9 Å². The highest BCUT2D eigenvalue weighted by atomic mass is 16.6. The van der Waals surface area contributed by atoms with Crippen LogP contribution in [0.2, 0.25) is 0 Å². The molecule has 25 heavy (non-hydrogen) atoms. The Hall–Kier alpha value is -3.40. The van der Waals surface area contributed by atoms with Crippen molar-refractivity contribution in [2.24, 2.45) is 0 Å². The normalized spacial score (nSPS) is 14.0. The fourth-order valence-electron chi connectivity index (χ4n) is 2.91. The fourth-order valence-corrected chi connectivity index (χ4v) is 2.91. The molecule has 7 heteroatoms. The number of rotatable bonds is 3. The minimum atomic E-state index is -0.446. The van der Waals surface area contributed by atoms with Crippen molar-refractivity contribution in [3.05, 3.63) is 69.8 Å². The Kier molecular flexibility index (Phi) is 4.61. The molecule has 1 amide bonds. The lowest BCUT2D eigenvalue weighted by molar-refractivity contribution is -0.384. The van der Waals surface area contributed by atoms with Gasteiger partial charge in [0.25, 0.3) is 11.6 Å². The summed E-state index contributed by atoms with van der Waals surface area (Å²) < 4.78 is 0. The Bertz CT molecular complexity index is 837. The summed E-state index contributed by atoms with van der Waals surface area (Å²) in [4.78, 5) is 26.9. The lowest BCUT2D eigenvalue weighted by atomic mass is 10.1. The van der Waals surface area contributed by atoms with E-state index in [2.05, 4.69) is 0 Å². The summed E-state index contributed by atoms with van der Waals surface area (Å²) in [5.74, 6) is -0.0412. The fraction of sp³-hybridized carbons (Fsp3) is 0.222. The quantitative estimate of drug-likeness (QED) is 0.634. The number of nitro groups is 1. The summed E-state index contributed by atoms with van der Waals surface area (Å²) in [7, 11) is 0. The standard InChI is InChI=1S/C18H16N4O3/c19-13-14-6-7-16(22(24)25)17(12-14)20-8-10-21(11-9-20)18(23)15-4-2-1-3-5-15/h1-7,12H,8-11H2. The van der Waals surface area contributed by atoms with E-state index in [4.69, 9.17) is 5.26 Å². The van der Waals surface area contributed by atoms with Crippen molar-refractivity contribution >= 4 is 17.3 Å². The number of amides is 1. The largest absolute Gasteiger partial charge is 0.362 e. The molecule has 2 aromatic rings. The number of nitrogens with zero attached hydrogens (tertiary/aromatic N) is 4. The van der Waals surface area contributed by atoms with Gasteiger partial charge in [-0.15, -0.1) is 0 Å². The van der Waals surface area contributed by atoms with Crippen molar-refractivity contribution in [1.82, 2.24) is 4.90 Å². The van der Waals surface area contributed by atoms with E-state index in [1.54, 1.807) is 17.0 Å². The second kappa shape index (κ2) is 7.01. The first-order valence-electron chi connectivity index (χ1n) is 7.88. The molecule has 7 nitrogen and oxygen atoms in total. The Morgan fingerprint density at radius 2 is 1.76 bits per heavy atom. The van der Waals surface area contributed by atoms with Crippen LogP contribution in [0.5, 0.6) is 0 Å². The first kappa shape index (κ1) is 16.5. The van der Waals surface area contributed by atoms with E-state index in [9.17, 15) is 14.9 Å². The molecule has 0 unspecified atom stereocenters. The number of nitro benzene ring substituents is 1. The van der Waals surface area contributed by atoms with Gasteiger partial charge in [-0.05, 0) is 24.3 Å². The van der Waals surface area contributed by atoms with Gasteiger partial charge in [0.2, 0.25) is 0 Å². The van der Waals surface area contributed by atoms with Gasteiger partial charge in [0, 0.05) is 37.8 Å². The number of benzene rings is 2. The lowest BCUT2D eigenvalue weighted by Gasteiger charge is -2.35. The van der Waals surface area contributed by atoms with Gasteiger partial charge in [0.1, 0.15) is 5.69 Å². The zero-order valence-corrected chi connectivity index (χ0v) is 13.5. The van der Waals surface area contributed by atoms with Gasteiger partial charge in [-0.1, -0.05) is 18.2 Å². The molecule has 1 fully saturated rings. The van der Waals surface area contributed by atoms with Gasteiger partial charge >= 0.3 is 0 Å². The third kappa shape index (κ3) is 3.43. The molecule has 1 heterocycles. The summed E-state index contributed by atoms with van der Waals surface area (Å²) in [6.07, 6.45) is 0. The van der Waals surface area contributed by atoms with Crippen LogP contribution in [0.25, 0.3) is 0 Å². The summed E-state index contributed by atoms with van der Waals surface area (Å²) >= 11 is 0. The molecular formula is C18H16N4O3. The van der Waals surface area contributed by atoms with E-state index in [1.807, 2.05) is 29.2 Å². The smallest absolute Gasteiger partial charge is 0.292 e. The first-order chi connectivity index (χ1) is 12.1. The molecule has 2 aromatic carbocycles. The maximum absolute atomic E-state index is 12.5. The second-order valence-electron chi connectivity index (χ2n) is 5.72. The molecule has 0 aliphatic carbocycles. The number of anilines is 1. The zero-order valence-electron chi connectivity index (χ0n) is 13.5. The van der Waals surface area contributed by atoms with Crippen LogP contribution in [0, 0.1) is 21.4 Å². The molecule has 1 aliphatic rings. The van der Waals surface area contributed by atoms with Gasteiger partial charge in [0.05, 0.1) is 16.6 Å². The minimum absolute atomic E-state index is 0.0261. The summed E-state index contributed by atoms with van der Waals surface area (Å²) in [5.41, 5.74) is 1.41. The second-order valence-corrected chi connectivity index (χ2v) is 5.72. The predicted molar refractivity (Wildman–Crippen MR) is 92.4 cm³/mol. The number of hydrogen-bond donors (Lipinski definition) is 0. The van der Waals surface area contributed by atoms with Gasteiger partial charge in [0.15, 0.2) is 0 Å². The van der Waals surface area contributed by atoms with E-state index in [1.165, 1.54) is 18.2 Å². The van der Waals surface area contributed by atoms with Crippen molar-refractivity contribution < 1.29 is 9.72 Å². The summed E-state index contributed by atoms with van der Waals surface area (Å²) in [5, 5.41) is 20.3. The number of carbonyl (C=O) groups is 1. The number of nitriles is 1. The van der Waals surface area contributed by atoms with E-state index in [0.717, 1.165) is 0 Å². The van der Waals surface area contributed by atoms with E-state index in [0.29, 0.717) is 43.0 Å². The van der Waals surface area contributed by atoms with Gasteiger partial charge < -0.3 is 9.80 Å². The molecule has 126 valence electrons. The van der Waals surface area contributed by atoms with Crippen molar-refractivity contribution in [2.75, 3.05) is 31.1 Å². The van der Waals surface area contributed by atoms with Crippen molar-refractivity contribution in [2.45, 2.75) is 0 Å². The van der Waals surface area contributed by atoms with E-state index >= 15 is 0 Å². The molecule has 0 radical (unpaired) electrons. The average Bonchev–Trinajstić information content (AvgIpc) is 2.67. The Labute approximate surface area is 144 Å². The molecule has 3 rings (SSSR count). The van der Waals surface area contributed by atoms with E-state index in [-0.39, 0.29) is 11.6 Å². The minimum Gasteiger partial charge on any atom is -0.362 e. The highest BCUT2D eigenvalue weighted by Crippen LogP contribution is 2.30. The summed E-state index contributed by atoms with van der Waals surface area (Å²) in [6.45, 7) is 1.91. The van der Waals surface area contributed by atoms with E-state index < -0.39 is 4.92 Å². The highest BCUT2D eigenvalue weighted by molar-refractivity contribution is 5.94. The third-order valence-electron chi connectivity index (χ3n) is 4.23. The predicted octanol–water partition coefficient (Wildman–Crippen LogP) is 2.43. The maximum Gasteiger partial charge on any atom is 0.292 e. The average molecular weight is 336 g/mol. The van der Waals surface area contributed by atoms with Crippen LogP contribution < -0.4 is 4.90 Å². The number of carbonyl (C=O) groups excluding carboxylic acids is 1. The zero-order chi connectivity index (χ0) is 17.8. The van der Waals surface area contributed by atoms with Crippen LogP contribution in [-0.2, 0) is 0 Å². The Morgan fingerprint density at radius 3 is 2.36 bits per heavy atom.